The summed E-state index contributed by atoms with van der Waals surface area (Å²) >= 11 is 26.8. The smallest absolute Gasteiger partial charge is 0.347 e. The van der Waals surface area contributed by atoms with E-state index in [-0.39, 0.29) is 18.7 Å². The second kappa shape index (κ2) is 7.86. The van der Waals surface area contributed by atoms with E-state index in [4.69, 9.17) is 46.4 Å². The van der Waals surface area contributed by atoms with Crippen LogP contribution in [0.4, 0.5) is 0 Å². The van der Waals surface area contributed by atoms with Crippen LogP contribution in [0.3, 0.4) is 0 Å². The average molecular weight is 581 g/mol. The fourth-order valence-electron chi connectivity index (χ4n) is 5.98. The SMILES string of the molecule is Cn1c(=O)n2n(c1=O)[C@@H]1C[C@@]3(Cl)C(=O)C(Cl)=C(Cl)C(=O)[C@@]3(Cl)[C@@H](c3ccc(O)c4ccccc34)C1=CC2. The zero-order valence-corrected chi connectivity index (χ0v) is 22.1. The molecule has 2 heterocycles. The molecule has 12 heteroatoms. The summed E-state index contributed by atoms with van der Waals surface area (Å²) in [6.45, 7) is 0.0297. The first-order valence-electron chi connectivity index (χ1n) is 11.3. The van der Waals surface area contributed by atoms with E-state index in [2.05, 4.69) is 0 Å². The Morgan fingerprint density at radius 2 is 1.57 bits per heavy atom. The lowest BCUT2D eigenvalue weighted by molar-refractivity contribution is -0.128. The summed E-state index contributed by atoms with van der Waals surface area (Å²) in [6.07, 6.45) is 1.44. The molecule has 4 atom stereocenters. The molecule has 0 unspecified atom stereocenters. The van der Waals surface area contributed by atoms with Gasteiger partial charge in [0.15, 0.2) is 11.6 Å². The van der Waals surface area contributed by atoms with Crippen LogP contribution in [0, 0.1) is 0 Å². The van der Waals surface area contributed by atoms with E-state index < -0.39 is 54.7 Å². The van der Waals surface area contributed by atoms with Crippen molar-refractivity contribution in [3.05, 3.63) is 84.6 Å². The number of benzene rings is 2. The minimum absolute atomic E-state index is 0.00484. The Hall–Kier alpha value is -2.78. The molecule has 2 aromatic carbocycles. The predicted octanol–water partition coefficient (Wildman–Crippen LogP) is 3.67. The zero-order chi connectivity index (χ0) is 26.6. The minimum atomic E-state index is -2.12. The molecule has 2 aliphatic carbocycles. The normalized spacial score (nSPS) is 29.2. The highest BCUT2D eigenvalue weighted by Crippen LogP contribution is 2.64. The molecule has 8 nitrogen and oxygen atoms in total. The summed E-state index contributed by atoms with van der Waals surface area (Å²) in [6, 6.07) is 9.13. The fraction of sp³-hybridized carbons (Fsp3) is 0.280. The molecule has 1 aliphatic heterocycles. The lowest BCUT2D eigenvalue weighted by atomic mass is 9.58. The number of nitrogens with zero attached hydrogens (tertiary/aromatic N) is 3. The van der Waals surface area contributed by atoms with Crippen molar-refractivity contribution in [2.75, 3.05) is 0 Å². The summed E-state index contributed by atoms with van der Waals surface area (Å²) in [5.74, 6) is -2.72. The van der Waals surface area contributed by atoms with Crippen molar-refractivity contribution in [3.63, 3.8) is 0 Å². The molecule has 3 aliphatic rings. The van der Waals surface area contributed by atoms with Crippen LogP contribution in [-0.4, -0.2) is 40.4 Å². The number of allylic oxidation sites excluding steroid dienone is 4. The number of hydrogen-bond donors (Lipinski definition) is 1. The second-order valence-corrected chi connectivity index (χ2v) is 11.4. The van der Waals surface area contributed by atoms with Gasteiger partial charge in [-0.05, 0) is 22.6 Å². The van der Waals surface area contributed by atoms with E-state index >= 15 is 0 Å². The van der Waals surface area contributed by atoms with Crippen LogP contribution in [0.1, 0.15) is 23.9 Å². The number of carbonyl (C=O) groups excluding carboxylic acids is 2. The fourth-order valence-corrected chi connectivity index (χ4v) is 7.50. The third kappa shape index (κ3) is 2.87. The van der Waals surface area contributed by atoms with Crippen molar-refractivity contribution in [3.8, 4) is 5.75 Å². The van der Waals surface area contributed by atoms with Gasteiger partial charge in [-0.1, -0.05) is 59.6 Å². The average Bonchev–Trinajstić information content (AvgIpc) is 3.12. The molecule has 1 aromatic heterocycles. The molecule has 0 amide bonds. The number of carbonyl (C=O) groups is 2. The first kappa shape index (κ1) is 24.6. The van der Waals surface area contributed by atoms with Crippen molar-refractivity contribution in [1.82, 2.24) is 13.9 Å². The van der Waals surface area contributed by atoms with Crippen LogP contribution < -0.4 is 11.4 Å². The predicted molar refractivity (Wildman–Crippen MR) is 140 cm³/mol. The Morgan fingerprint density at radius 3 is 2.27 bits per heavy atom. The summed E-state index contributed by atoms with van der Waals surface area (Å²) in [5, 5.41) is 10.5. The summed E-state index contributed by atoms with van der Waals surface area (Å²) < 4.78 is 3.46. The number of hydrogen-bond acceptors (Lipinski definition) is 5. The molecule has 0 radical (unpaired) electrons. The Kier molecular flexibility index (Phi) is 5.22. The molecule has 6 rings (SSSR count). The van der Waals surface area contributed by atoms with Crippen molar-refractivity contribution < 1.29 is 14.7 Å². The van der Waals surface area contributed by atoms with Crippen LogP contribution in [0.25, 0.3) is 10.8 Å². The van der Waals surface area contributed by atoms with Gasteiger partial charge in [0.05, 0.1) is 12.6 Å². The Labute approximate surface area is 228 Å². The Balaban J connectivity index is 1.74. The molecule has 0 saturated heterocycles. The van der Waals surface area contributed by atoms with Gasteiger partial charge in [-0.2, -0.15) is 0 Å². The van der Waals surface area contributed by atoms with Gasteiger partial charge in [-0.3, -0.25) is 9.59 Å². The highest BCUT2D eigenvalue weighted by Gasteiger charge is 2.71. The zero-order valence-electron chi connectivity index (χ0n) is 19.0. The number of aromatic hydroxyl groups is 1. The maximum atomic E-state index is 13.8. The molecule has 0 bridgehead atoms. The van der Waals surface area contributed by atoms with E-state index in [0.29, 0.717) is 21.9 Å². The first-order chi connectivity index (χ1) is 17.4. The number of ketones is 2. The van der Waals surface area contributed by atoms with Crippen molar-refractivity contribution >= 4 is 68.7 Å². The van der Waals surface area contributed by atoms with Crippen molar-refractivity contribution in [1.29, 1.82) is 0 Å². The Bertz CT molecular complexity index is 1770. The third-order valence-electron chi connectivity index (χ3n) is 7.74. The monoisotopic (exact) mass is 579 g/mol. The maximum absolute atomic E-state index is 13.8. The van der Waals surface area contributed by atoms with Gasteiger partial charge in [0.1, 0.15) is 25.6 Å². The standard InChI is InChI=1S/C25H17Cl4N3O5/c1-30-22(36)31-9-8-14-15(32(31)23(30)37)10-24(28)20(34)18(26)19(27)21(35)25(24,29)17(14)13-6-7-16(33)12-5-3-2-4-11(12)13/h2-8,15,17,33H,9-10H2,1H3/t15-,17+,24-,25+/m1/s1. The van der Waals surface area contributed by atoms with Crippen LogP contribution in [0.5, 0.6) is 5.75 Å². The largest absolute Gasteiger partial charge is 0.507 e. The van der Waals surface area contributed by atoms with Crippen LogP contribution in [0.2, 0.25) is 0 Å². The number of fused-ring (bicyclic) bond motifs is 5. The minimum Gasteiger partial charge on any atom is -0.507 e. The number of phenolic OH excluding ortho intramolecular Hbond substituents is 1. The van der Waals surface area contributed by atoms with E-state index in [1.165, 1.54) is 22.5 Å². The van der Waals surface area contributed by atoms with Crippen LogP contribution in [0.15, 0.2) is 67.7 Å². The second-order valence-electron chi connectivity index (χ2n) is 9.43. The number of alkyl halides is 2. The number of aromatic nitrogens is 3. The van der Waals surface area contributed by atoms with Gasteiger partial charge in [0, 0.05) is 24.8 Å². The number of Topliss-reactive ketones (excluding diaryl/α,β-unsaturated/α-hetero) is 2. The van der Waals surface area contributed by atoms with Gasteiger partial charge < -0.3 is 5.11 Å². The lowest BCUT2D eigenvalue weighted by Crippen LogP contribution is -2.67. The number of phenols is 1. The summed E-state index contributed by atoms with van der Waals surface area (Å²) in [4.78, 5) is 49.1. The molecule has 37 heavy (non-hydrogen) atoms. The quantitative estimate of drug-likeness (QED) is 0.349. The topological polar surface area (TPSA) is 103 Å². The molecule has 3 aromatic rings. The lowest BCUT2D eigenvalue weighted by Gasteiger charge is -2.54. The van der Waals surface area contributed by atoms with Crippen LogP contribution in [-0.2, 0) is 23.2 Å². The van der Waals surface area contributed by atoms with Gasteiger partial charge in [0.25, 0.3) is 0 Å². The van der Waals surface area contributed by atoms with Crippen molar-refractivity contribution in [2.24, 2.45) is 7.05 Å². The molecule has 1 N–H and O–H groups in total. The summed E-state index contributed by atoms with van der Waals surface area (Å²) in [5.41, 5.74) is -0.122. The molecular weight excluding hydrogens is 564 g/mol. The van der Waals surface area contributed by atoms with E-state index in [9.17, 15) is 24.3 Å². The first-order valence-corrected chi connectivity index (χ1v) is 12.8. The van der Waals surface area contributed by atoms with Gasteiger partial charge in [-0.15, -0.1) is 23.2 Å². The van der Waals surface area contributed by atoms with Gasteiger partial charge in [-0.25, -0.2) is 23.5 Å². The maximum Gasteiger partial charge on any atom is 0.347 e. The van der Waals surface area contributed by atoms with Crippen molar-refractivity contribution in [2.45, 2.75) is 34.7 Å². The number of rotatable bonds is 1. The summed E-state index contributed by atoms with van der Waals surface area (Å²) in [7, 11) is 1.35. The van der Waals surface area contributed by atoms with Gasteiger partial charge >= 0.3 is 11.4 Å². The Morgan fingerprint density at radius 1 is 0.919 bits per heavy atom. The third-order valence-corrected chi connectivity index (χ3v) is 9.99. The highest BCUT2D eigenvalue weighted by molar-refractivity contribution is 6.66. The van der Waals surface area contributed by atoms with E-state index in [1.807, 2.05) is 0 Å². The molecule has 0 spiro atoms. The number of halogens is 4. The molecule has 190 valence electrons. The highest BCUT2D eigenvalue weighted by atomic mass is 35.5. The molecular formula is C25H17Cl4N3O5. The van der Waals surface area contributed by atoms with Gasteiger partial charge in [0.2, 0.25) is 0 Å². The van der Waals surface area contributed by atoms with Crippen LogP contribution >= 0.6 is 46.4 Å². The molecule has 1 saturated carbocycles. The van der Waals surface area contributed by atoms with E-state index in [1.54, 1.807) is 36.4 Å². The molecule has 1 fully saturated rings. The van der Waals surface area contributed by atoms with E-state index in [0.717, 1.165) is 4.57 Å².